The molecule has 2 amide bonds. The molecule has 0 saturated carbocycles. The van der Waals surface area contributed by atoms with E-state index in [1.165, 1.54) is 11.3 Å². The van der Waals surface area contributed by atoms with Crippen molar-refractivity contribution in [3.8, 4) is 17.0 Å². The molecule has 0 atom stereocenters. The minimum Gasteiger partial charge on any atom is -0.495 e. The second-order valence-corrected chi connectivity index (χ2v) is 7.88. The number of aromatic nitrogens is 1. The molecule has 0 bridgehead atoms. The van der Waals surface area contributed by atoms with E-state index in [0.717, 1.165) is 5.56 Å². The summed E-state index contributed by atoms with van der Waals surface area (Å²) >= 11 is 7.44. The molecular weight excluding hydrogens is 390 g/mol. The Morgan fingerprint density at radius 3 is 2.67 bits per heavy atom. The Bertz CT molecular complexity index is 817. The summed E-state index contributed by atoms with van der Waals surface area (Å²) in [6, 6.07) is 5.36. The third-order valence-electron chi connectivity index (χ3n) is 3.22. The monoisotopic (exact) mass is 411 g/mol. The third kappa shape index (κ3) is 6.73. The Morgan fingerprint density at radius 2 is 2.04 bits per heavy atom. The normalized spacial score (nSPS) is 11.0. The molecule has 0 aliphatic carbocycles. The van der Waals surface area contributed by atoms with Crippen LogP contribution in [0.25, 0.3) is 11.3 Å². The molecule has 1 aromatic heterocycles. The van der Waals surface area contributed by atoms with Crippen LogP contribution >= 0.6 is 22.9 Å². The molecule has 2 N–H and O–H groups in total. The van der Waals surface area contributed by atoms with Crippen LogP contribution in [0.2, 0.25) is 5.02 Å². The van der Waals surface area contributed by atoms with Crippen LogP contribution in [0.3, 0.4) is 0 Å². The molecule has 27 heavy (non-hydrogen) atoms. The highest BCUT2D eigenvalue weighted by Gasteiger charge is 2.16. The number of amides is 2. The van der Waals surface area contributed by atoms with Crippen LogP contribution in [0, 0.1) is 0 Å². The number of carbonyl (C=O) groups is 2. The van der Waals surface area contributed by atoms with Crippen LogP contribution in [-0.4, -0.2) is 36.2 Å². The SMILES string of the molecule is COc1ccc(-c2csc(NC(=O)CCNC(=O)OC(C)(C)C)n2)cc1Cl. The lowest BCUT2D eigenvalue weighted by molar-refractivity contribution is -0.116. The van der Waals surface area contributed by atoms with E-state index in [0.29, 0.717) is 21.6 Å². The van der Waals surface area contributed by atoms with Gasteiger partial charge in [-0.2, -0.15) is 0 Å². The van der Waals surface area contributed by atoms with Gasteiger partial charge in [0.15, 0.2) is 5.13 Å². The molecule has 0 spiro atoms. The second kappa shape index (κ2) is 9.05. The molecule has 0 fully saturated rings. The average Bonchev–Trinajstić information content (AvgIpc) is 3.01. The molecule has 0 aliphatic rings. The zero-order chi connectivity index (χ0) is 20.0. The summed E-state index contributed by atoms with van der Waals surface area (Å²) in [4.78, 5) is 27.9. The molecule has 0 radical (unpaired) electrons. The molecule has 2 aromatic rings. The summed E-state index contributed by atoms with van der Waals surface area (Å²) in [5, 5.41) is 8.03. The molecule has 7 nitrogen and oxygen atoms in total. The van der Waals surface area contributed by atoms with Gasteiger partial charge in [-0.1, -0.05) is 11.6 Å². The van der Waals surface area contributed by atoms with E-state index in [2.05, 4.69) is 15.6 Å². The van der Waals surface area contributed by atoms with Gasteiger partial charge in [0.2, 0.25) is 5.91 Å². The fourth-order valence-corrected chi connectivity index (χ4v) is 3.06. The van der Waals surface area contributed by atoms with E-state index < -0.39 is 11.7 Å². The molecule has 2 rings (SSSR count). The molecule has 0 saturated heterocycles. The standard InChI is InChI=1S/C18H22ClN3O4S/c1-18(2,3)26-17(24)20-8-7-15(23)22-16-21-13(10-27-16)11-5-6-14(25-4)12(19)9-11/h5-6,9-10H,7-8H2,1-4H3,(H,20,24)(H,21,22,23). The number of halogens is 1. The highest BCUT2D eigenvalue weighted by Crippen LogP contribution is 2.31. The van der Waals surface area contributed by atoms with Crippen LogP contribution in [0.15, 0.2) is 23.6 Å². The summed E-state index contributed by atoms with van der Waals surface area (Å²) < 4.78 is 10.2. The van der Waals surface area contributed by atoms with Crippen molar-refractivity contribution >= 4 is 40.1 Å². The Hall–Kier alpha value is -2.32. The molecule has 1 aromatic carbocycles. The highest BCUT2D eigenvalue weighted by atomic mass is 35.5. The van der Waals surface area contributed by atoms with Crippen molar-refractivity contribution in [2.45, 2.75) is 32.8 Å². The van der Waals surface area contributed by atoms with Crippen molar-refractivity contribution in [2.75, 3.05) is 19.0 Å². The lowest BCUT2D eigenvalue weighted by atomic mass is 10.2. The molecule has 1 heterocycles. The summed E-state index contributed by atoms with van der Waals surface area (Å²) in [5.41, 5.74) is 0.949. The van der Waals surface area contributed by atoms with Gasteiger partial charge in [-0.3, -0.25) is 4.79 Å². The number of methoxy groups -OCH3 is 1. The topological polar surface area (TPSA) is 89.6 Å². The lowest BCUT2D eigenvalue weighted by Gasteiger charge is -2.19. The number of thiazole rings is 1. The van der Waals surface area contributed by atoms with Gasteiger partial charge in [0.05, 0.1) is 17.8 Å². The zero-order valence-corrected chi connectivity index (χ0v) is 17.2. The quantitative estimate of drug-likeness (QED) is 0.738. The minimum absolute atomic E-state index is 0.114. The van der Waals surface area contributed by atoms with E-state index in [4.69, 9.17) is 21.1 Å². The van der Waals surface area contributed by atoms with Crippen LogP contribution in [0.1, 0.15) is 27.2 Å². The minimum atomic E-state index is -0.575. The van der Waals surface area contributed by atoms with Gasteiger partial charge in [-0.15, -0.1) is 11.3 Å². The smallest absolute Gasteiger partial charge is 0.407 e. The Balaban J connectivity index is 1.85. The Morgan fingerprint density at radius 1 is 1.30 bits per heavy atom. The first-order valence-electron chi connectivity index (χ1n) is 8.24. The number of benzene rings is 1. The number of rotatable bonds is 6. The van der Waals surface area contributed by atoms with E-state index in [1.807, 2.05) is 11.4 Å². The predicted octanol–water partition coefficient (Wildman–Crippen LogP) is 4.33. The Kier molecular flexibility index (Phi) is 7.04. The molecule has 0 aliphatic heterocycles. The first kappa shape index (κ1) is 21.0. The Labute approximate surface area is 167 Å². The van der Waals surface area contributed by atoms with Gasteiger partial charge in [0, 0.05) is 23.9 Å². The summed E-state index contributed by atoms with van der Waals surface area (Å²) in [7, 11) is 1.55. The number of hydrogen-bond acceptors (Lipinski definition) is 6. The van der Waals surface area contributed by atoms with Crippen LogP contribution in [0.5, 0.6) is 5.75 Å². The number of ether oxygens (including phenoxy) is 2. The maximum absolute atomic E-state index is 12.0. The van der Waals surface area contributed by atoms with Gasteiger partial charge in [-0.25, -0.2) is 9.78 Å². The van der Waals surface area contributed by atoms with Crippen molar-refractivity contribution in [3.05, 3.63) is 28.6 Å². The van der Waals surface area contributed by atoms with Gasteiger partial charge >= 0.3 is 6.09 Å². The van der Waals surface area contributed by atoms with Crippen LogP contribution in [0.4, 0.5) is 9.93 Å². The number of hydrogen-bond donors (Lipinski definition) is 2. The van der Waals surface area contributed by atoms with Crippen molar-refractivity contribution < 1.29 is 19.1 Å². The summed E-state index contributed by atoms with van der Waals surface area (Å²) in [6.07, 6.45) is -0.439. The van der Waals surface area contributed by atoms with Crippen molar-refractivity contribution in [2.24, 2.45) is 0 Å². The zero-order valence-electron chi connectivity index (χ0n) is 15.6. The fraction of sp³-hybridized carbons (Fsp3) is 0.389. The third-order valence-corrected chi connectivity index (χ3v) is 4.27. The van der Waals surface area contributed by atoms with Gasteiger partial charge < -0.3 is 20.1 Å². The lowest BCUT2D eigenvalue weighted by Crippen LogP contribution is -2.34. The molecular formula is C18H22ClN3O4S. The number of carbonyl (C=O) groups excluding carboxylic acids is 2. The van der Waals surface area contributed by atoms with E-state index in [1.54, 1.807) is 40.0 Å². The van der Waals surface area contributed by atoms with E-state index in [-0.39, 0.29) is 18.9 Å². The second-order valence-electron chi connectivity index (χ2n) is 6.61. The molecule has 0 unspecified atom stereocenters. The number of nitrogens with one attached hydrogen (secondary N) is 2. The summed E-state index contributed by atoms with van der Waals surface area (Å²) in [6.45, 7) is 5.49. The highest BCUT2D eigenvalue weighted by molar-refractivity contribution is 7.14. The van der Waals surface area contributed by atoms with Crippen molar-refractivity contribution in [1.29, 1.82) is 0 Å². The van der Waals surface area contributed by atoms with Crippen LogP contribution in [-0.2, 0) is 9.53 Å². The average molecular weight is 412 g/mol. The number of nitrogens with zero attached hydrogens (tertiary/aromatic N) is 1. The number of alkyl carbamates (subject to hydrolysis) is 1. The summed E-state index contributed by atoms with van der Waals surface area (Å²) in [5.74, 6) is 0.335. The van der Waals surface area contributed by atoms with Gasteiger partial charge in [0.25, 0.3) is 0 Å². The van der Waals surface area contributed by atoms with Crippen LogP contribution < -0.4 is 15.4 Å². The van der Waals surface area contributed by atoms with Crippen molar-refractivity contribution in [1.82, 2.24) is 10.3 Å². The maximum atomic E-state index is 12.0. The first-order chi connectivity index (χ1) is 12.7. The van der Waals surface area contributed by atoms with Gasteiger partial charge in [0.1, 0.15) is 11.4 Å². The maximum Gasteiger partial charge on any atom is 0.407 e. The first-order valence-corrected chi connectivity index (χ1v) is 9.50. The van der Waals surface area contributed by atoms with Crippen molar-refractivity contribution in [3.63, 3.8) is 0 Å². The number of anilines is 1. The molecule has 146 valence electrons. The predicted molar refractivity (Wildman–Crippen MR) is 107 cm³/mol. The largest absolute Gasteiger partial charge is 0.495 e. The van der Waals surface area contributed by atoms with E-state index in [9.17, 15) is 9.59 Å². The fourth-order valence-electron chi connectivity index (χ4n) is 2.06. The van der Waals surface area contributed by atoms with E-state index >= 15 is 0 Å². The molecule has 9 heteroatoms. The van der Waals surface area contributed by atoms with Gasteiger partial charge in [-0.05, 0) is 39.0 Å².